The van der Waals surface area contributed by atoms with Crippen LogP contribution in [0.2, 0.25) is 0 Å². The Balaban J connectivity index is 0.000000238. The second kappa shape index (κ2) is 7.75. The number of carbonyl (C=O) groups is 2. The molecule has 0 atom stereocenters. The molecule has 2 N–H and O–H groups in total. The molecule has 118 valence electrons. The lowest BCUT2D eigenvalue weighted by Gasteiger charge is -2.26. The van der Waals surface area contributed by atoms with Crippen molar-refractivity contribution in [2.45, 2.75) is 32.6 Å². The quantitative estimate of drug-likeness (QED) is 0.658. The van der Waals surface area contributed by atoms with Crippen LogP contribution >= 0.6 is 0 Å². The molecule has 2 aliphatic carbocycles. The van der Waals surface area contributed by atoms with Gasteiger partial charge in [-0.3, -0.25) is 14.8 Å². The first kappa shape index (κ1) is 16.2. The highest BCUT2D eigenvalue weighted by Gasteiger charge is 2.21. The Morgan fingerprint density at radius 2 is 1.91 bits per heavy atom. The van der Waals surface area contributed by atoms with Crippen molar-refractivity contribution in [2.75, 3.05) is 13.1 Å². The van der Waals surface area contributed by atoms with E-state index in [1.165, 1.54) is 11.1 Å². The third kappa shape index (κ3) is 3.95. The minimum atomic E-state index is -0.457. The van der Waals surface area contributed by atoms with E-state index in [9.17, 15) is 9.59 Å². The van der Waals surface area contributed by atoms with Crippen molar-refractivity contribution in [1.82, 2.24) is 10.4 Å². The molecule has 0 aromatic carbocycles. The number of hydrogen-bond donors (Lipinski definition) is 2. The van der Waals surface area contributed by atoms with Crippen molar-refractivity contribution in [2.24, 2.45) is 0 Å². The summed E-state index contributed by atoms with van der Waals surface area (Å²) in [6.45, 7) is 3.56. The number of rotatable bonds is 5. The summed E-state index contributed by atoms with van der Waals surface area (Å²) in [5, 5.41) is 8.35. The molecule has 0 radical (unpaired) electrons. The van der Waals surface area contributed by atoms with E-state index >= 15 is 0 Å². The van der Waals surface area contributed by atoms with E-state index in [4.69, 9.17) is 5.21 Å². The molecule has 0 saturated carbocycles. The van der Waals surface area contributed by atoms with Crippen LogP contribution < -0.4 is 5.48 Å². The number of carbonyl (C=O) groups excluding carboxylic acids is 2. The highest BCUT2D eigenvalue weighted by atomic mass is 16.5. The molecule has 0 bridgehead atoms. The zero-order valence-corrected chi connectivity index (χ0v) is 12.8. The predicted molar refractivity (Wildman–Crippen MR) is 84.2 cm³/mol. The van der Waals surface area contributed by atoms with E-state index in [0.29, 0.717) is 12.0 Å². The van der Waals surface area contributed by atoms with Gasteiger partial charge in [0, 0.05) is 25.1 Å². The number of nitrogens with one attached hydrogen (secondary N) is 1. The van der Waals surface area contributed by atoms with Gasteiger partial charge in [0.1, 0.15) is 0 Å². The first-order chi connectivity index (χ1) is 10.7. The van der Waals surface area contributed by atoms with Gasteiger partial charge in [-0.05, 0) is 30.4 Å². The van der Waals surface area contributed by atoms with E-state index < -0.39 is 5.91 Å². The van der Waals surface area contributed by atoms with Crippen LogP contribution in [-0.2, 0) is 9.59 Å². The monoisotopic (exact) mass is 302 g/mol. The summed E-state index contributed by atoms with van der Waals surface area (Å²) in [4.78, 5) is 24.5. The topological polar surface area (TPSA) is 69.6 Å². The second-order valence-electron chi connectivity index (χ2n) is 5.42. The molecule has 0 aromatic heterocycles. The highest BCUT2D eigenvalue weighted by molar-refractivity contribution is 5.94. The van der Waals surface area contributed by atoms with Crippen LogP contribution in [0.25, 0.3) is 11.1 Å². The number of benzene rings is 1. The minimum absolute atomic E-state index is 0.0267. The fourth-order valence-electron chi connectivity index (χ4n) is 2.45. The Kier molecular flexibility index (Phi) is 5.72. The van der Waals surface area contributed by atoms with Crippen LogP contribution in [0.15, 0.2) is 35.9 Å². The number of amides is 2. The van der Waals surface area contributed by atoms with Gasteiger partial charge in [0.25, 0.3) is 0 Å². The van der Waals surface area contributed by atoms with Gasteiger partial charge in [-0.25, -0.2) is 5.48 Å². The van der Waals surface area contributed by atoms with Crippen molar-refractivity contribution in [3.05, 3.63) is 35.9 Å². The van der Waals surface area contributed by atoms with Gasteiger partial charge in [-0.1, -0.05) is 37.3 Å². The van der Waals surface area contributed by atoms with Crippen LogP contribution in [0.1, 0.15) is 32.6 Å². The molecule has 0 aromatic rings. The molecular formula is C17H22N2O3. The first-order valence-corrected chi connectivity index (χ1v) is 7.67. The summed E-state index contributed by atoms with van der Waals surface area (Å²) in [5.74, 6) is -0.430. The van der Waals surface area contributed by atoms with Crippen molar-refractivity contribution in [3.8, 4) is 11.1 Å². The van der Waals surface area contributed by atoms with Gasteiger partial charge < -0.3 is 4.90 Å². The minimum Gasteiger partial charge on any atom is -0.339 e. The molecule has 5 nitrogen and oxygen atoms in total. The average Bonchev–Trinajstić information content (AvgIpc) is 2.52. The van der Waals surface area contributed by atoms with Crippen LogP contribution in [0.3, 0.4) is 0 Å². The third-order valence-corrected chi connectivity index (χ3v) is 3.81. The van der Waals surface area contributed by atoms with E-state index in [0.717, 1.165) is 25.9 Å². The second-order valence-corrected chi connectivity index (χ2v) is 5.42. The van der Waals surface area contributed by atoms with E-state index in [-0.39, 0.29) is 12.3 Å². The normalized spacial score (nSPS) is 14.7. The zero-order valence-electron chi connectivity index (χ0n) is 12.8. The molecule has 2 amide bonds. The van der Waals surface area contributed by atoms with Gasteiger partial charge in [-0.15, -0.1) is 0 Å². The van der Waals surface area contributed by atoms with Gasteiger partial charge in [-0.2, -0.15) is 0 Å². The van der Waals surface area contributed by atoms with Crippen molar-refractivity contribution < 1.29 is 14.8 Å². The fraction of sp³-hybridized carbons (Fsp3) is 0.412. The number of hydrogen-bond acceptors (Lipinski definition) is 3. The SMILES string of the molecule is CCCN1CCC=C(CCC(=O)NO)C1=O.c1cc2ccc1-2. The maximum absolute atomic E-state index is 11.9. The predicted octanol–water partition coefficient (Wildman–Crippen LogP) is 2.51. The van der Waals surface area contributed by atoms with E-state index in [1.54, 1.807) is 5.48 Å². The number of hydroxylamine groups is 1. The largest absolute Gasteiger partial charge is 0.339 e. The smallest absolute Gasteiger partial charge is 0.249 e. The van der Waals surface area contributed by atoms with Gasteiger partial charge >= 0.3 is 0 Å². The summed E-state index contributed by atoms with van der Waals surface area (Å²) < 4.78 is 0. The molecule has 22 heavy (non-hydrogen) atoms. The number of fused-ring (bicyclic) bond motifs is 1. The Hall–Kier alpha value is -2.14. The average molecular weight is 302 g/mol. The van der Waals surface area contributed by atoms with Crippen molar-refractivity contribution in [1.29, 1.82) is 0 Å². The molecule has 1 heterocycles. The van der Waals surface area contributed by atoms with Gasteiger partial charge in [0.15, 0.2) is 0 Å². The summed E-state index contributed by atoms with van der Waals surface area (Å²) in [6, 6.07) is 8.48. The molecule has 3 aliphatic rings. The summed E-state index contributed by atoms with van der Waals surface area (Å²) in [6.07, 6.45) is 4.22. The highest BCUT2D eigenvalue weighted by Crippen LogP contribution is 2.29. The molecular weight excluding hydrogens is 280 g/mol. The standard InChI is InChI=1S/C11H18N2O3.C6H4/c1-2-7-13-8-3-4-9(11(13)15)5-6-10(14)12-16;1-2-6-4-3-5(1)6/h4,16H,2-3,5-8H2,1H3,(H,12,14);1-4H. The summed E-state index contributed by atoms with van der Waals surface area (Å²) >= 11 is 0. The van der Waals surface area contributed by atoms with E-state index in [2.05, 4.69) is 24.3 Å². The Labute approximate surface area is 130 Å². The maximum Gasteiger partial charge on any atom is 0.249 e. The molecule has 0 spiro atoms. The molecule has 0 saturated heterocycles. The maximum atomic E-state index is 11.9. The Bertz CT molecular complexity index is 543. The van der Waals surface area contributed by atoms with Crippen LogP contribution in [0.5, 0.6) is 0 Å². The van der Waals surface area contributed by atoms with Crippen molar-refractivity contribution >= 4 is 11.8 Å². The lowest BCUT2D eigenvalue weighted by molar-refractivity contribution is -0.129. The third-order valence-electron chi connectivity index (χ3n) is 3.81. The molecule has 1 aliphatic heterocycles. The molecule has 0 fully saturated rings. The summed E-state index contributed by atoms with van der Waals surface area (Å²) in [5.41, 5.74) is 5.10. The fourth-order valence-corrected chi connectivity index (χ4v) is 2.45. The van der Waals surface area contributed by atoms with E-state index in [1.807, 2.05) is 17.9 Å². The van der Waals surface area contributed by atoms with Crippen LogP contribution in [0.4, 0.5) is 0 Å². The molecule has 0 unspecified atom stereocenters. The van der Waals surface area contributed by atoms with Gasteiger partial charge in [0.05, 0.1) is 0 Å². The Morgan fingerprint density at radius 1 is 1.27 bits per heavy atom. The van der Waals surface area contributed by atoms with Crippen LogP contribution in [0, 0.1) is 0 Å². The summed E-state index contributed by atoms with van der Waals surface area (Å²) in [7, 11) is 0. The van der Waals surface area contributed by atoms with Crippen molar-refractivity contribution in [3.63, 3.8) is 0 Å². The lowest BCUT2D eigenvalue weighted by Crippen LogP contribution is -2.36. The zero-order chi connectivity index (χ0) is 15.9. The molecule has 3 rings (SSSR count). The lowest BCUT2D eigenvalue weighted by atomic mass is 9.95. The Morgan fingerprint density at radius 3 is 2.36 bits per heavy atom. The molecule has 5 heteroatoms. The first-order valence-electron chi connectivity index (χ1n) is 7.67. The van der Waals surface area contributed by atoms with Crippen LogP contribution in [-0.4, -0.2) is 35.0 Å². The number of nitrogens with zero attached hydrogens (tertiary/aromatic N) is 1. The van der Waals surface area contributed by atoms with Gasteiger partial charge in [0.2, 0.25) is 11.8 Å².